The van der Waals surface area contributed by atoms with Gasteiger partial charge in [0.2, 0.25) is 5.91 Å². The van der Waals surface area contributed by atoms with E-state index in [4.69, 9.17) is 0 Å². The van der Waals surface area contributed by atoms with Gasteiger partial charge in [-0.1, -0.05) is 36.6 Å². The summed E-state index contributed by atoms with van der Waals surface area (Å²) in [6, 6.07) is 6.63. The molecule has 104 valence electrons. The molecule has 1 aromatic carbocycles. The third-order valence-corrected chi connectivity index (χ3v) is 4.49. The van der Waals surface area contributed by atoms with Crippen LogP contribution in [0.25, 0.3) is 0 Å². The summed E-state index contributed by atoms with van der Waals surface area (Å²) in [6.45, 7) is 4.30. The van der Waals surface area contributed by atoms with Gasteiger partial charge in [0.05, 0.1) is 0 Å². The molecular formula is C17H25NO. The summed E-state index contributed by atoms with van der Waals surface area (Å²) in [7, 11) is 1.73. The molecule has 1 amide bonds. The van der Waals surface area contributed by atoms with Gasteiger partial charge in [-0.2, -0.15) is 0 Å². The van der Waals surface area contributed by atoms with Gasteiger partial charge in [0.1, 0.15) is 0 Å². The highest BCUT2D eigenvalue weighted by Gasteiger charge is 2.28. The van der Waals surface area contributed by atoms with Crippen molar-refractivity contribution in [2.24, 2.45) is 5.92 Å². The summed E-state index contributed by atoms with van der Waals surface area (Å²) >= 11 is 0. The van der Waals surface area contributed by atoms with Crippen LogP contribution in [0.2, 0.25) is 0 Å². The first-order valence-electron chi connectivity index (χ1n) is 7.39. The number of carbonyl (C=O) groups is 1. The molecule has 2 nitrogen and oxygen atoms in total. The number of hydrogen-bond donors (Lipinski definition) is 1. The van der Waals surface area contributed by atoms with Crippen LogP contribution in [0.4, 0.5) is 0 Å². The van der Waals surface area contributed by atoms with E-state index in [2.05, 4.69) is 37.4 Å². The molecule has 0 spiro atoms. The fourth-order valence-electron chi connectivity index (χ4n) is 3.35. The normalized spacial score (nSPS) is 17.4. The summed E-state index contributed by atoms with van der Waals surface area (Å²) in [5.41, 5.74) is 4.00. The van der Waals surface area contributed by atoms with Crippen molar-refractivity contribution in [2.75, 3.05) is 7.05 Å². The Labute approximate surface area is 116 Å². The molecule has 1 atom stereocenters. The maximum atomic E-state index is 11.8. The Morgan fingerprint density at radius 1 is 1.32 bits per heavy atom. The van der Waals surface area contributed by atoms with Crippen molar-refractivity contribution in [3.63, 3.8) is 0 Å². The Kier molecular flexibility index (Phi) is 4.62. The molecule has 0 saturated heterocycles. The quantitative estimate of drug-likeness (QED) is 0.877. The second kappa shape index (κ2) is 6.23. The standard InChI is InChI=1S/C17H25NO/c1-12-8-9-13(2)15(10-12)16(11-17(19)18-3)14-6-4-5-7-14/h8-10,14,16H,4-7,11H2,1-3H3,(H,18,19). The summed E-state index contributed by atoms with van der Waals surface area (Å²) < 4.78 is 0. The fraction of sp³-hybridized carbons (Fsp3) is 0.588. The van der Waals surface area contributed by atoms with Gasteiger partial charge in [-0.3, -0.25) is 4.79 Å². The highest BCUT2D eigenvalue weighted by atomic mass is 16.1. The molecule has 1 unspecified atom stereocenters. The molecule has 0 aliphatic heterocycles. The molecule has 0 radical (unpaired) electrons. The van der Waals surface area contributed by atoms with Crippen molar-refractivity contribution in [1.82, 2.24) is 5.32 Å². The monoisotopic (exact) mass is 259 g/mol. The van der Waals surface area contributed by atoms with Crippen LogP contribution < -0.4 is 5.32 Å². The highest BCUT2D eigenvalue weighted by molar-refractivity contribution is 5.76. The topological polar surface area (TPSA) is 29.1 Å². The van der Waals surface area contributed by atoms with Gasteiger partial charge in [0, 0.05) is 13.5 Å². The lowest BCUT2D eigenvalue weighted by atomic mass is 9.80. The molecule has 1 aliphatic carbocycles. The Hall–Kier alpha value is -1.31. The predicted molar refractivity (Wildman–Crippen MR) is 79.3 cm³/mol. The van der Waals surface area contributed by atoms with Gasteiger partial charge < -0.3 is 5.32 Å². The number of aryl methyl sites for hydroxylation is 2. The number of rotatable bonds is 4. The molecule has 1 N–H and O–H groups in total. The molecule has 2 heteroatoms. The maximum absolute atomic E-state index is 11.8. The van der Waals surface area contributed by atoms with E-state index >= 15 is 0 Å². The highest BCUT2D eigenvalue weighted by Crippen LogP contribution is 2.40. The van der Waals surface area contributed by atoms with E-state index in [-0.39, 0.29) is 5.91 Å². The molecule has 1 fully saturated rings. The number of amides is 1. The van der Waals surface area contributed by atoms with Crippen LogP contribution in [0.15, 0.2) is 18.2 Å². The molecule has 0 bridgehead atoms. The van der Waals surface area contributed by atoms with Crippen molar-refractivity contribution in [1.29, 1.82) is 0 Å². The van der Waals surface area contributed by atoms with Crippen LogP contribution in [0.5, 0.6) is 0 Å². The van der Waals surface area contributed by atoms with Gasteiger partial charge in [-0.05, 0) is 49.7 Å². The third-order valence-electron chi connectivity index (χ3n) is 4.49. The van der Waals surface area contributed by atoms with E-state index in [1.165, 1.54) is 42.4 Å². The Balaban J connectivity index is 2.29. The van der Waals surface area contributed by atoms with E-state index < -0.39 is 0 Å². The third kappa shape index (κ3) is 3.37. The zero-order chi connectivity index (χ0) is 13.8. The first-order valence-corrected chi connectivity index (χ1v) is 7.39. The van der Waals surface area contributed by atoms with Crippen molar-refractivity contribution >= 4 is 5.91 Å². The van der Waals surface area contributed by atoms with Crippen LogP contribution in [0.1, 0.15) is 54.7 Å². The van der Waals surface area contributed by atoms with Gasteiger partial charge in [-0.25, -0.2) is 0 Å². The van der Waals surface area contributed by atoms with Crippen LogP contribution in [0.3, 0.4) is 0 Å². The lowest BCUT2D eigenvalue weighted by Crippen LogP contribution is -2.24. The number of nitrogens with one attached hydrogen (secondary N) is 1. The van der Waals surface area contributed by atoms with Crippen LogP contribution >= 0.6 is 0 Å². The lowest BCUT2D eigenvalue weighted by Gasteiger charge is -2.25. The van der Waals surface area contributed by atoms with Crippen LogP contribution in [-0.4, -0.2) is 13.0 Å². The van der Waals surface area contributed by atoms with Crippen molar-refractivity contribution in [3.8, 4) is 0 Å². The van der Waals surface area contributed by atoms with Crippen LogP contribution in [0, 0.1) is 19.8 Å². The molecule has 0 heterocycles. The second-order valence-corrected chi connectivity index (χ2v) is 5.89. The van der Waals surface area contributed by atoms with Crippen molar-refractivity contribution in [3.05, 3.63) is 34.9 Å². The van der Waals surface area contributed by atoms with E-state index in [9.17, 15) is 4.79 Å². The maximum Gasteiger partial charge on any atom is 0.220 e. The smallest absolute Gasteiger partial charge is 0.220 e. The summed E-state index contributed by atoms with van der Waals surface area (Å²) in [5.74, 6) is 1.23. The SMILES string of the molecule is CNC(=O)CC(c1cc(C)ccc1C)C1CCCC1. The zero-order valence-electron chi connectivity index (χ0n) is 12.3. The predicted octanol–water partition coefficient (Wildman–Crippen LogP) is 3.71. The molecule has 2 rings (SSSR count). The lowest BCUT2D eigenvalue weighted by molar-refractivity contribution is -0.121. The molecule has 0 aromatic heterocycles. The largest absolute Gasteiger partial charge is 0.359 e. The van der Waals surface area contributed by atoms with Crippen molar-refractivity contribution in [2.45, 2.75) is 51.9 Å². The zero-order valence-corrected chi connectivity index (χ0v) is 12.3. The number of carbonyl (C=O) groups excluding carboxylic acids is 1. The van der Waals surface area contributed by atoms with Crippen molar-refractivity contribution < 1.29 is 4.79 Å². The molecule has 1 aliphatic rings. The first-order chi connectivity index (χ1) is 9.11. The minimum atomic E-state index is 0.165. The average molecular weight is 259 g/mol. The first kappa shape index (κ1) is 14.1. The molecular weight excluding hydrogens is 234 g/mol. The average Bonchev–Trinajstić information content (AvgIpc) is 2.92. The number of hydrogen-bond acceptors (Lipinski definition) is 1. The van der Waals surface area contributed by atoms with E-state index in [1.54, 1.807) is 7.05 Å². The van der Waals surface area contributed by atoms with Gasteiger partial charge >= 0.3 is 0 Å². The number of benzene rings is 1. The minimum absolute atomic E-state index is 0.165. The van der Waals surface area contributed by atoms with Gasteiger partial charge in [-0.15, -0.1) is 0 Å². The second-order valence-electron chi connectivity index (χ2n) is 5.89. The van der Waals surface area contributed by atoms with E-state index in [1.807, 2.05) is 0 Å². The Morgan fingerprint density at radius 3 is 2.63 bits per heavy atom. The van der Waals surface area contributed by atoms with E-state index in [0.717, 1.165) is 0 Å². The summed E-state index contributed by atoms with van der Waals surface area (Å²) in [6.07, 6.45) is 5.81. The van der Waals surface area contributed by atoms with Gasteiger partial charge in [0.15, 0.2) is 0 Å². The fourth-order valence-corrected chi connectivity index (χ4v) is 3.35. The Morgan fingerprint density at radius 2 is 2.00 bits per heavy atom. The Bertz CT molecular complexity index is 447. The summed E-state index contributed by atoms with van der Waals surface area (Å²) in [5, 5.41) is 2.78. The van der Waals surface area contributed by atoms with Gasteiger partial charge in [0.25, 0.3) is 0 Å². The molecule has 19 heavy (non-hydrogen) atoms. The molecule has 1 aromatic rings. The van der Waals surface area contributed by atoms with E-state index in [0.29, 0.717) is 18.3 Å². The molecule has 1 saturated carbocycles. The minimum Gasteiger partial charge on any atom is -0.359 e. The van der Waals surface area contributed by atoms with Crippen LogP contribution in [-0.2, 0) is 4.79 Å². The summed E-state index contributed by atoms with van der Waals surface area (Å²) in [4.78, 5) is 11.8.